The summed E-state index contributed by atoms with van der Waals surface area (Å²) in [4.78, 5) is 31.8. The van der Waals surface area contributed by atoms with Gasteiger partial charge in [-0.25, -0.2) is 0 Å². The summed E-state index contributed by atoms with van der Waals surface area (Å²) in [5, 5.41) is 0. The second kappa shape index (κ2) is 9.42. The van der Waals surface area contributed by atoms with Crippen molar-refractivity contribution in [2.24, 2.45) is 29.1 Å². The molecular formula is C25H43N3O2. The lowest BCUT2D eigenvalue weighted by Crippen LogP contribution is -2.52. The van der Waals surface area contributed by atoms with Crippen LogP contribution in [-0.4, -0.2) is 72.3 Å². The zero-order chi connectivity index (χ0) is 22.1. The fourth-order valence-electron chi connectivity index (χ4n) is 5.47. The highest BCUT2D eigenvalue weighted by Gasteiger charge is 2.51. The van der Waals surface area contributed by atoms with Crippen molar-refractivity contribution < 1.29 is 9.59 Å². The van der Waals surface area contributed by atoms with E-state index in [1.165, 1.54) is 18.4 Å². The van der Waals surface area contributed by atoms with Crippen LogP contribution in [0.3, 0.4) is 0 Å². The van der Waals surface area contributed by atoms with Crippen molar-refractivity contribution >= 4 is 11.8 Å². The van der Waals surface area contributed by atoms with E-state index in [2.05, 4.69) is 43.6 Å². The summed E-state index contributed by atoms with van der Waals surface area (Å²) in [6.45, 7) is 18.9. The highest BCUT2D eigenvalue weighted by molar-refractivity contribution is 5.78. The smallest absolute Gasteiger partial charge is 0.225 e. The van der Waals surface area contributed by atoms with E-state index in [1.807, 2.05) is 18.7 Å². The highest BCUT2D eigenvalue weighted by Crippen LogP contribution is 2.59. The van der Waals surface area contributed by atoms with E-state index in [9.17, 15) is 9.59 Å². The first kappa shape index (κ1) is 23.3. The number of piperazine rings is 1. The maximum Gasteiger partial charge on any atom is 0.225 e. The lowest BCUT2D eigenvalue weighted by Gasteiger charge is -2.57. The molecule has 0 radical (unpaired) electrons. The van der Waals surface area contributed by atoms with Gasteiger partial charge in [0.25, 0.3) is 0 Å². The summed E-state index contributed by atoms with van der Waals surface area (Å²) in [5.74, 6) is 2.47. The predicted octanol–water partition coefficient (Wildman–Crippen LogP) is 3.65. The van der Waals surface area contributed by atoms with Gasteiger partial charge < -0.3 is 9.80 Å². The molecular weight excluding hydrogens is 374 g/mol. The SMILES string of the molecule is CC(C)CC(=O)N1CCN(CCN(CC2=CCC3CC2C3(C)C)C(=O)C(C)C)CC1. The lowest BCUT2D eigenvalue weighted by atomic mass is 9.49. The van der Waals surface area contributed by atoms with Gasteiger partial charge in [-0.05, 0) is 36.0 Å². The van der Waals surface area contributed by atoms with Crippen LogP contribution in [0.25, 0.3) is 0 Å². The van der Waals surface area contributed by atoms with Crippen LogP contribution in [0, 0.1) is 29.1 Å². The third kappa shape index (κ3) is 5.09. The Morgan fingerprint density at radius 1 is 1.13 bits per heavy atom. The monoisotopic (exact) mass is 417 g/mol. The average Bonchev–Trinajstić information content (AvgIpc) is 2.70. The quantitative estimate of drug-likeness (QED) is 0.566. The Morgan fingerprint density at radius 3 is 2.33 bits per heavy atom. The Hall–Kier alpha value is -1.36. The molecule has 1 aliphatic heterocycles. The molecule has 2 bridgehead atoms. The normalized spacial score (nSPS) is 25.9. The van der Waals surface area contributed by atoms with Crippen LogP contribution in [0.2, 0.25) is 0 Å². The van der Waals surface area contributed by atoms with E-state index < -0.39 is 0 Å². The van der Waals surface area contributed by atoms with Gasteiger partial charge in [0.2, 0.25) is 11.8 Å². The molecule has 30 heavy (non-hydrogen) atoms. The first-order chi connectivity index (χ1) is 14.1. The number of hydrogen-bond acceptors (Lipinski definition) is 3. The number of nitrogens with zero attached hydrogens (tertiary/aromatic N) is 3. The molecule has 2 fully saturated rings. The Balaban J connectivity index is 1.52. The number of allylic oxidation sites excluding steroid dienone is 1. The summed E-state index contributed by atoms with van der Waals surface area (Å²) in [7, 11) is 0. The average molecular weight is 418 g/mol. The van der Waals surface area contributed by atoms with E-state index in [1.54, 1.807) is 0 Å². The summed E-state index contributed by atoms with van der Waals surface area (Å²) < 4.78 is 0. The summed E-state index contributed by atoms with van der Waals surface area (Å²) >= 11 is 0. The maximum absolute atomic E-state index is 12.9. The highest BCUT2D eigenvalue weighted by atomic mass is 16.2. The minimum atomic E-state index is 0.0295. The Bertz CT molecular complexity index is 659. The first-order valence-corrected chi connectivity index (χ1v) is 12.1. The molecule has 0 aromatic carbocycles. The minimum absolute atomic E-state index is 0.0295. The van der Waals surface area contributed by atoms with Crippen molar-refractivity contribution in [2.75, 3.05) is 45.8 Å². The molecule has 5 nitrogen and oxygen atoms in total. The van der Waals surface area contributed by atoms with Gasteiger partial charge in [0.05, 0.1) is 0 Å². The number of fused-ring (bicyclic) bond motifs is 1. The molecule has 1 heterocycles. The van der Waals surface area contributed by atoms with Crippen LogP contribution in [0.4, 0.5) is 0 Å². The van der Waals surface area contributed by atoms with Gasteiger partial charge in [0.15, 0.2) is 0 Å². The van der Waals surface area contributed by atoms with Crippen molar-refractivity contribution in [1.29, 1.82) is 0 Å². The fourth-order valence-corrected chi connectivity index (χ4v) is 5.47. The topological polar surface area (TPSA) is 43.9 Å². The summed E-state index contributed by atoms with van der Waals surface area (Å²) in [6.07, 6.45) is 5.54. The molecule has 2 unspecified atom stereocenters. The minimum Gasteiger partial charge on any atom is -0.340 e. The molecule has 1 saturated carbocycles. The molecule has 1 saturated heterocycles. The standard InChI is InChI=1S/C25H43N3O2/c1-18(2)15-23(29)27-12-9-26(10-13-27)11-14-28(24(30)19(3)4)17-20-7-8-21-16-22(20)25(21,5)6/h7,18-19,21-22H,8-17H2,1-6H3. The molecule has 0 spiro atoms. The van der Waals surface area contributed by atoms with E-state index in [0.29, 0.717) is 23.7 Å². The van der Waals surface area contributed by atoms with Gasteiger partial charge in [0, 0.05) is 58.2 Å². The van der Waals surface area contributed by atoms with Crippen LogP contribution in [0.5, 0.6) is 0 Å². The summed E-state index contributed by atoms with van der Waals surface area (Å²) in [6, 6.07) is 0. The van der Waals surface area contributed by atoms with Crippen LogP contribution < -0.4 is 0 Å². The van der Waals surface area contributed by atoms with E-state index in [0.717, 1.165) is 51.7 Å². The predicted molar refractivity (Wildman–Crippen MR) is 122 cm³/mol. The van der Waals surface area contributed by atoms with Crippen LogP contribution in [-0.2, 0) is 9.59 Å². The Labute approximate surface area is 183 Å². The third-order valence-corrected chi connectivity index (χ3v) is 7.76. The fraction of sp³-hybridized carbons (Fsp3) is 0.840. The number of carbonyl (C=O) groups excluding carboxylic acids is 2. The number of rotatable bonds is 8. The molecule has 170 valence electrons. The molecule has 3 aliphatic carbocycles. The van der Waals surface area contributed by atoms with Crippen molar-refractivity contribution in [1.82, 2.24) is 14.7 Å². The molecule has 2 amide bonds. The molecule has 0 aromatic heterocycles. The van der Waals surface area contributed by atoms with E-state index >= 15 is 0 Å². The van der Waals surface area contributed by atoms with Gasteiger partial charge >= 0.3 is 0 Å². The number of amides is 2. The van der Waals surface area contributed by atoms with Gasteiger partial charge in [-0.15, -0.1) is 0 Å². The molecule has 4 rings (SSSR count). The number of hydrogen-bond donors (Lipinski definition) is 0. The van der Waals surface area contributed by atoms with Crippen molar-refractivity contribution in [3.63, 3.8) is 0 Å². The van der Waals surface area contributed by atoms with Gasteiger partial charge in [-0.1, -0.05) is 53.2 Å². The molecule has 0 aromatic rings. The molecule has 2 atom stereocenters. The van der Waals surface area contributed by atoms with Crippen LogP contribution >= 0.6 is 0 Å². The van der Waals surface area contributed by atoms with Gasteiger partial charge in [0.1, 0.15) is 0 Å². The Kier molecular flexibility index (Phi) is 7.32. The number of carbonyl (C=O) groups is 2. The van der Waals surface area contributed by atoms with Crippen molar-refractivity contribution in [3.8, 4) is 0 Å². The third-order valence-electron chi connectivity index (χ3n) is 7.76. The van der Waals surface area contributed by atoms with Crippen molar-refractivity contribution in [3.05, 3.63) is 11.6 Å². The first-order valence-electron chi connectivity index (χ1n) is 12.1. The maximum atomic E-state index is 12.9. The molecule has 4 aliphatic rings. The second-order valence-electron chi connectivity index (χ2n) is 11.1. The van der Waals surface area contributed by atoms with Crippen LogP contribution in [0.1, 0.15) is 60.8 Å². The van der Waals surface area contributed by atoms with Gasteiger partial charge in [-0.2, -0.15) is 0 Å². The molecule has 0 N–H and O–H groups in total. The zero-order valence-electron chi connectivity index (χ0n) is 20.1. The molecule has 5 heteroatoms. The van der Waals surface area contributed by atoms with Crippen LogP contribution in [0.15, 0.2) is 11.6 Å². The Morgan fingerprint density at radius 2 is 1.80 bits per heavy atom. The largest absolute Gasteiger partial charge is 0.340 e. The summed E-state index contributed by atoms with van der Waals surface area (Å²) in [5.41, 5.74) is 1.88. The van der Waals surface area contributed by atoms with Crippen molar-refractivity contribution in [2.45, 2.75) is 60.8 Å². The second-order valence-corrected chi connectivity index (χ2v) is 11.1. The zero-order valence-corrected chi connectivity index (χ0v) is 20.1. The van der Waals surface area contributed by atoms with Gasteiger partial charge in [-0.3, -0.25) is 14.5 Å². The van der Waals surface area contributed by atoms with E-state index in [-0.39, 0.29) is 17.7 Å². The van der Waals surface area contributed by atoms with E-state index in [4.69, 9.17) is 0 Å². The lowest BCUT2D eigenvalue weighted by molar-refractivity contribution is -0.134.